The summed E-state index contributed by atoms with van der Waals surface area (Å²) >= 11 is 1.54. The second kappa shape index (κ2) is 4.82. The monoisotopic (exact) mass is 240 g/mol. The average molecular weight is 240 g/mol. The van der Waals surface area contributed by atoms with Crippen LogP contribution in [0, 0.1) is 0 Å². The number of thiazole rings is 1. The maximum atomic E-state index is 11.1. The van der Waals surface area contributed by atoms with E-state index < -0.39 is 0 Å². The van der Waals surface area contributed by atoms with E-state index in [1.165, 1.54) is 12.8 Å². The van der Waals surface area contributed by atoms with Gasteiger partial charge >= 0.3 is 5.97 Å². The van der Waals surface area contributed by atoms with Crippen LogP contribution in [0.25, 0.3) is 0 Å². The Kier molecular flexibility index (Phi) is 3.43. The number of ether oxygens (including phenoxy) is 1. The molecule has 88 valence electrons. The Morgan fingerprint density at radius 2 is 2.56 bits per heavy atom. The molecule has 16 heavy (non-hydrogen) atoms. The predicted octanol–water partition coefficient (Wildman–Crippen LogP) is 2.45. The summed E-state index contributed by atoms with van der Waals surface area (Å²) in [6.45, 7) is 5.03. The molecule has 0 unspecified atom stereocenters. The Hall–Kier alpha value is -1.10. The van der Waals surface area contributed by atoms with Gasteiger partial charge in [-0.25, -0.2) is 0 Å². The van der Waals surface area contributed by atoms with Gasteiger partial charge in [-0.1, -0.05) is 6.92 Å². The molecule has 0 radical (unpaired) electrons. The molecule has 2 rings (SSSR count). The van der Waals surface area contributed by atoms with E-state index in [4.69, 9.17) is 4.74 Å². The molecule has 0 N–H and O–H groups in total. The highest BCUT2D eigenvalue weighted by Gasteiger charge is 2.23. The number of esters is 1. The molecule has 1 aromatic rings. The number of nitrogens with zero attached hydrogens (tertiary/aromatic N) is 2. The lowest BCUT2D eigenvalue weighted by atomic mass is 10.2. The molecule has 0 aromatic carbocycles. The molecular formula is C11H16N2O2S. The molecule has 1 aliphatic rings. The minimum atomic E-state index is -0.230. The summed E-state index contributed by atoms with van der Waals surface area (Å²) in [4.78, 5) is 17.7. The lowest BCUT2D eigenvalue weighted by Crippen LogP contribution is -2.25. The number of carbonyl (C=O) groups is 1. The fraction of sp³-hybridized carbons (Fsp3) is 0.636. The number of hydrogen-bond acceptors (Lipinski definition) is 5. The quantitative estimate of drug-likeness (QED) is 0.761. The molecule has 0 spiro atoms. The molecule has 1 saturated heterocycles. The van der Waals surface area contributed by atoms with Crippen molar-refractivity contribution in [2.24, 2.45) is 0 Å². The second-order valence-electron chi connectivity index (χ2n) is 3.98. The molecule has 2 heterocycles. The molecule has 1 aromatic heterocycles. The maximum Gasteiger partial charge on any atom is 0.312 e. The molecule has 1 fully saturated rings. The third-order valence-electron chi connectivity index (χ3n) is 2.78. The van der Waals surface area contributed by atoms with Gasteiger partial charge in [0, 0.05) is 19.0 Å². The topological polar surface area (TPSA) is 42.4 Å². The number of hydrogen-bond donors (Lipinski definition) is 0. The van der Waals surface area contributed by atoms with Gasteiger partial charge in [-0.2, -0.15) is 4.98 Å². The first-order valence-corrected chi connectivity index (χ1v) is 6.51. The van der Waals surface area contributed by atoms with Crippen molar-refractivity contribution in [1.82, 2.24) is 4.98 Å². The summed E-state index contributed by atoms with van der Waals surface area (Å²) in [7, 11) is 0. The van der Waals surface area contributed by atoms with E-state index in [-0.39, 0.29) is 5.97 Å². The summed E-state index contributed by atoms with van der Waals surface area (Å²) < 4.78 is 5.07. The normalized spacial score (nSPS) is 20.1. The molecule has 0 aliphatic carbocycles. The summed E-state index contributed by atoms with van der Waals surface area (Å²) in [6.07, 6.45) is 2.81. The molecule has 1 aliphatic heterocycles. The number of anilines is 1. The van der Waals surface area contributed by atoms with E-state index in [9.17, 15) is 4.79 Å². The van der Waals surface area contributed by atoms with Crippen molar-refractivity contribution in [2.45, 2.75) is 39.2 Å². The van der Waals surface area contributed by atoms with Gasteiger partial charge in [0.1, 0.15) is 0 Å². The fourth-order valence-electron chi connectivity index (χ4n) is 1.84. The van der Waals surface area contributed by atoms with Gasteiger partial charge in [-0.3, -0.25) is 4.79 Å². The van der Waals surface area contributed by atoms with Gasteiger partial charge in [0.05, 0.1) is 5.38 Å². The highest BCUT2D eigenvalue weighted by molar-refractivity contribution is 7.13. The summed E-state index contributed by atoms with van der Waals surface area (Å²) in [6, 6.07) is 0.542. The van der Waals surface area contributed by atoms with E-state index in [1.807, 2.05) is 0 Å². The van der Waals surface area contributed by atoms with Gasteiger partial charge < -0.3 is 9.64 Å². The van der Waals surface area contributed by atoms with Crippen molar-refractivity contribution >= 4 is 22.4 Å². The maximum absolute atomic E-state index is 11.1. The zero-order valence-corrected chi connectivity index (χ0v) is 10.4. The van der Waals surface area contributed by atoms with E-state index >= 15 is 0 Å². The molecule has 0 saturated carbocycles. The number of rotatable bonds is 3. The van der Waals surface area contributed by atoms with Crippen LogP contribution in [0.15, 0.2) is 5.38 Å². The van der Waals surface area contributed by atoms with Crippen LogP contribution in [0.3, 0.4) is 0 Å². The van der Waals surface area contributed by atoms with Crippen molar-refractivity contribution in [3.05, 3.63) is 5.38 Å². The van der Waals surface area contributed by atoms with Crippen LogP contribution >= 0.6 is 11.3 Å². The Morgan fingerprint density at radius 1 is 1.75 bits per heavy atom. The van der Waals surface area contributed by atoms with Crippen LogP contribution in [0.4, 0.5) is 5.13 Å². The first-order chi connectivity index (χ1) is 7.70. The minimum absolute atomic E-state index is 0.230. The molecule has 4 nitrogen and oxygen atoms in total. The highest BCUT2D eigenvalue weighted by atomic mass is 32.1. The van der Waals surface area contributed by atoms with Gasteiger partial charge in [-0.05, 0) is 19.8 Å². The van der Waals surface area contributed by atoms with Crippen LogP contribution in [0.1, 0.15) is 33.1 Å². The Balaban J connectivity index is 2.04. The zero-order chi connectivity index (χ0) is 11.5. The predicted molar refractivity (Wildman–Crippen MR) is 64.1 cm³/mol. The Bertz CT molecular complexity index is 378. The van der Waals surface area contributed by atoms with E-state index in [0.717, 1.165) is 11.7 Å². The minimum Gasteiger partial charge on any atom is -0.406 e. The average Bonchev–Trinajstić information content (AvgIpc) is 2.86. The van der Waals surface area contributed by atoms with E-state index in [0.29, 0.717) is 18.3 Å². The van der Waals surface area contributed by atoms with Crippen LogP contribution in [0.5, 0.6) is 5.88 Å². The van der Waals surface area contributed by atoms with Crippen molar-refractivity contribution in [3.63, 3.8) is 0 Å². The lowest BCUT2D eigenvalue weighted by molar-refractivity contribution is -0.134. The molecular weight excluding hydrogens is 224 g/mol. The van der Waals surface area contributed by atoms with Crippen molar-refractivity contribution in [1.29, 1.82) is 0 Å². The van der Waals surface area contributed by atoms with Gasteiger partial charge in [0.25, 0.3) is 0 Å². The summed E-state index contributed by atoms with van der Waals surface area (Å²) in [5, 5.41) is 2.76. The largest absolute Gasteiger partial charge is 0.406 e. The van der Waals surface area contributed by atoms with Crippen LogP contribution < -0.4 is 9.64 Å². The number of carbonyl (C=O) groups excluding carboxylic acids is 1. The van der Waals surface area contributed by atoms with Crippen molar-refractivity contribution in [2.75, 3.05) is 11.4 Å². The first-order valence-electron chi connectivity index (χ1n) is 5.63. The lowest BCUT2D eigenvalue weighted by Gasteiger charge is -2.19. The SMILES string of the molecule is CCC(=O)Oc1csc(N2CCC[C@@H]2C)n1. The van der Waals surface area contributed by atoms with Gasteiger partial charge in [-0.15, -0.1) is 11.3 Å². The summed E-state index contributed by atoms with van der Waals surface area (Å²) in [5.74, 6) is 0.206. The summed E-state index contributed by atoms with van der Waals surface area (Å²) in [5.41, 5.74) is 0. The van der Waals surface area contributed by atoms with Crippen LogP contribution in [0.2, 0.25) is 0 Å². The first kappa shape index (κ1) is 11.4. The fourth-order valence-corrected chi connectivity index (χ4v) is 2.69. The van der Waals surface area contributed by atoms with E-state index in [1.54, 1.807) is 23.6 Å². The third kappa shape index (κ3) is 2.35. The van der Waals surface area contributed by atoms with Gasteiger partial charge in [0.15, 0.2) is 5.13 Å². The second-order valence-corrected chi connectivity index (χ2v) is 4.82. The Labute approximate surface area is 99.2 Å². The smallest absolute Gasteiger partial charge is 0.312 e. The Morgan fingerprint density at radius 3 is 3.19 bits per heavy atom. The van der Waals surface area contributed by atoms with Crippen molar-refractivity contribution < 1.29 is 9.53 Å². The molecule has 0 amide bonds. The molecule has 0 bridgehead atoms. The third-order valence-corrected chi connectivity index (χ3v) is 3.63. The molecule has 1 atom stereocenters. The zero-order valence-electron chi connectivity index (χ0n) is 9.60. The van der Waals surface area contributed by atoms with Crippen molar-refractivity contribution in [3.8, 4) is 5.88 Å². The molecule has 5 heteroatoms. The standard InChI is InChI=1S/C11H16N2O2S/c1-3-10(14)15-9-7-16-11(12-9)13-6-4-5-8(13)2/h7-8H,3-6H2,1-2H3/t8-/m0/s1. The van der Waals surface area contributed by atoms with Crippen LogP contribution in [-0.4, -0.2) is 23.5 Å². The highest BCUT2D eigenvalue weighted by Crippen LogP contribution is 2.30. The number of aromatic nitrogens is 1. The van der Waals surface area contributed by atoms with Gasteiger partial charge in [0.2, 0.25) is 5.88 Å². The van der Waals surface area contributed by atoms with E-state index in [2.05, 4.69) is 16.8 Å². The van der Waals surface area contributed by atoms with Crippen LogP contribution in [-0.2, 0) is 4.79 Å².